The topological polar surface area (TPSA) is 139 Å². The zero-order valence-electron chi connectivity index (χ0n) is 18.8. The van der Waals surface area contributed by atoms with Gasteiger partial charge < -0.3 is 10.1 Å². The minimum atomic E-state index is -1.21. The van der Waals surface area contributed by atoms with E-state index in [-0.39, 0.29) is 25.8 Å². The first kappa shape index (κ1) is 23.0. The first-order valence-corrected chi connectivity index (χ1v) is 11.1. The predicted octanol–water partition coefficient (Wildman–Crippen LogP) is 2.23. The number of carbonyl (C=O) groups is 6. The summed E-state index contributed by atoms with van der Waals surface area (Å²) in [6.07, 6.45) is 0.00839. The molecule has 11 nitrogen and oxygen atoms in total. The number of fused-ring (bicyclic) bond motifs is 3. The highest BCUT2D eigenvalue weighted by Gasteiger charge is 2.37. The maximum Gasteiger partial charge on any atom is 0.534 e. The van der Waals surface area contributed by atoms with Gasteiger partial charge in [0.25, 0.3) is 23.6 Å². The van der Waals surface area contributed by atoms with Gasteiger partial charge in [0.2, 0.25) is 5.91 Å². The molecule has 5 rings (SSSR count). The predicted molar refractivity (Wildman–Crippen MR) is 121 cm³/mol. The fraction of sp³-hybridized carbons (Fsp3) is 0.200. The van der Waals surface area contributed by atoms with Crippen LogP contribution in [0.25, 0.3) is 11.1 Å². The molecule has 0 bridgehead atoms. The number of benzene rings is 2. The Labute approximate surface area is 204 Å². The molecule has 1 saturated heterocycles. The fourth-order valence-electron chi connectivity index (χ4n) is 4.31. The van der Waals surface area contributed by atoms with Gasteiger partial charge in [0.05, 0.1) is 0 Å². The number of imide groups is 2. The Morgan fingerprint density at radius 2 is 1.56 bits per heavy atom. The average Bonchev–Trinajstić information content (AvgIpc) is 3.46. The number of nitrogens with zero attached hydrogens (tertiary/aromatic N) is 2. The normalized spacial score (nSPS) is 17.9. The van der Waals surface area contributed by atoms with E-state index < -0.39 is 41.8 Å². The first-order valence-electron chi connectivity index (χ1n) is 11.1. The molecule has 3 aliphatic rings. The number of carbonyl (C=O) groups excluding carboxylic acids is 6. The van der Waals surface area contributed by atoms with Crippen molar-refractivity contribution >= 4 is 41.4 Å². The van der Waals surface area contributed by atoms with Crippen LogP contribution in [-0.4, -0.2) is 52.2 Å². The molecule has 2 heterocycles. The number of nitrogens with one attached hydrogen (secondary N) is 1. The van der Waals surface area contributed by atoms with Crippen molar-refractivity contribution in [1.82, 2.24) is 9.96 Å². The second-order valence-corrected chi connectivity index (χ2v) is 8.27. The van der Waals surface area contributed by atoms with Crippen LogP contribution in [0.15, 0.2) is 54.6 Å². The Morgan fingerprint density at radius 1 is 0.889 bits per heavy atom. The van der Waals surface area contributed by atoms with E-state index in [2.05, 4.69) is 5.32 Å². The van der Waals surface area contributed by atoms with E-state index in [9.17, 15) is 28.8 Å². The first-order chi connectivity index (χ1) is 17.3. The summed E-state index contributed by atoms with van der Waals surface area (Å²) < 4.78 is 5.51. The lowest BCUT2D eigenvalue weighted by molar-refractivity contribution is -0.178. The number of hydroxylamine groups is 2. The maximum absolute atomic E-state index is 12.5. The zero-order chi connectivity index (χ0) is 25.4. The lowest BCUT2D eigenvalue weighted by Gasteiger charge is -2.18. The molecule has 36 heavy (non-hydrogen) atoms. The highest BCUT2D eigenvalue weighted by atomic mass is 16.8. The molecule has 1 fully saturated rings. The monoisotopic (exact) mass is 489 g/mol. The molecule has 5 amide bonds. The summed E-state index contributed by atoms with van der Waals surface area (Å²) in [7, 11) is 0. The van der Waals surface area contributed by atoms with Crippen LogP contribution in [0.3, 0.4) is 0 Å². The van der Waals surface area contributed by atoms with Crippen LogP contribution in [0.5, 0.6) is 0 Å². The maximum atomic E-state index is 12.5. The molecular weight excluding hydrogens is 470 g/mol. The van der Waals surface area contributed by atoms with Gasteiger partial charge in [-0.25, -0.2) is 4.79 Å². The molecule has 0 radical (unpaired) electrons. The van der Waals surface area contributed by atoms with Gasteiger partial charge in [0.1, 0.15) is 0 Å². The Bertz CT molecular complexity index is 1330. The molecule has 1 aliphatic carbocycles. The van der Waals surface area contributed by atoms with Gasteiger partial charge in [-0.05, 0) is 23.3 Å². The van der Waals surface area contributed by atoms with Gasteiger partial charge in [0, 0.05) is 54.8 Å². The third-order valence-electron chi connectivity index (χ3n) is 6.00. The molecular formula is C25H19N3O8. The van der Waals surface area contributed by atoms with Gasteiger partial charge in [0.15, 0.2) is 6.10 Å². The van der Waals surface area contributed by atoms with Crippen molar-refractivity contribution in [3.05, 3.63) is 65.7 Å². The average molecular weight is 489 g/mol. The van der Waals surface area contributed by atoms with Crippen LogP contribution >= 0.6 is 0 Å². The second-order valence-electron chi connectivity index (χ2n) is 8.27. The van der Waals surface area contributed by atoms with Crippen molar-refractivity contribution in [2.24, 2.45) is 0 Å². The molecule has 182 valence electrons. The molecule has 11 heteroatoms. The summed E-state index contributed by atoms with van der Waals surface area (Å²) in [5.41, 5.74) is 3.24. The van der Waals surface area contributed by atoms with Crippen LogP contribution in [0, 0.1) is 0 Å². The lowest BCUT2D eigenvalue weighted by Crippen LogP contribution is -2.33. The smallest absolute Gasteiger partial charge is 0.420 e. The third kappa shape index (κ3) is 4.22. The van der Waals surface area contributed by atoms with Crippen molar-refractivity contribution in [3.63, 3.8) is 0 Å². The van der Waals surface area contributed by atoms with Crippen LogP contribution < -0.4 is 5.32 Å². The molecule has 1 N–H and O–H groups in total. The van der Waals surface area contributed by atoms with E-state index in [1.165, 1.54) is 0 Å². The number of hydrogen-bond donors (Lipinski definition) is 1. The molecule has 0 spiro atoms. The van der Waals surface area contributed by atoms with Gasteiger partial charge in [-0.1, -0.05) is 35.4 Å². The standard InChI is InChI=1S/C25H19N3O8/c29-19(11-12-27-20(30)7-8-21(27)31)26-14-5-6-16-15-3-1-2-4-17(15)24(18(16)13-14)35-25(34)36-28-22(32)9-10-23(28)33/h1-8,13,24H,9-12H2,(H,26,29). The number of anilines is 1. The number of rotatable bonds is 6. The Morgan fingerprint density at radius 3 is 2.28 bits per heavy atom. The summed E-state index contributed by atoms with van der Waals surface area (Å²) >= 11 is 0. The SMILES string of the molecule is O=C(CCN1C(=O)C=CC1=O)Nc1ccc2c(c1)C(OC(=O)ON1C(=O)CCC1=O)c1ccccc1-2. The van der Waals surface area contributed by atoms with Gasteiger partial charge in [-0.2, -0.15) is 0 Å². The lowest BCUT2D eigenvalue weighted by atomic mass is 10.1. The highest BCUT2D eigenvalue weighted by molar-refractivity contribution is 6.13. The summed E-state index contributed by atoms with van der Waals surface area (Å²) in [5.74, 6) is -2.59. The van der Waals surface area contributed by atoms with Gasteiger partial charge >= 0.3 is 6.16 Å². The van der Waals surface area contributed by atoms with E-state index in [1.54, 1.807) is 30.3 Å². The Balaban J connectivity index is 1.31. The van der Waals surface area contributed by atoms with Crippen LogP contribution in [0.1, 0.15) is 36.5 Å². The number of ether oxygens (including phenoxy) is 1. The van der Waals surface area contributed by atoms with Crippen LogP contribution in [-0.2, 0) is 33.5 Å². The summed E-state index contributed by atoms with van der Waals surface area (Å²) in [4.78, 5) is 77.6. The van der Waals surface area contributed by atoms with Gasteiger partial charge in [-0.3, -0.25) is 33.7 Å². The molecule has 0 saturated carbocycles. The summed E-state index contributed by atoms with van der Waals surface area (Å²) in [6, 6.07) is 12.3. The van der Waals surface area contributed by atoms with Crippen molar-refractivity contribution in [3.8, 4) is 11.1 Å². The largest absolute Gasteiger partial charge is 0.534 e. The second kappa shape index (κ2) is 9.10. The molecule has 2 aliphatic heterocycles. The minimum absolute atomic E-state index is 0.0408. The Hall–Kier alpha value is -4.80. The van der Waals surface area contributed by atoms with E-state index in [1.807, 2.05) is 12.1 Å². The minimum Gasteiger partial charge on any atom is -0.420 e. The number of amides is 5. The third-order valence-corrected chi connectivity index (χ3v) is 6.00. The molecule has 1 unspecified atom stereocenters. The fourth-order valence-corrected chi connectivity index (χ4v) is 4.31. The number of hydrogen-bond acceptors (Lipinski definition) is 8. The Kier molecular flexibility index (Phi) is 5.80. The summed E-state index contributed by atoms with van der Waals surface area (Å²) in [5, 5.41) is 3.13. The molecule has 2 aromatic rings. The van der Waals surface area contributed by atoms with Crippen molar-refractivity contribution in [1.29, 1.82) is 0 Å². The van der Waals surface area contributed by atoms with Crippen LogP contribution in [0.4, 0.5) is 10.5 Å². The quantitative estimate of drug-likeness (QED) is 0.481. The molecule has 0 aromatic heterocycles. The summed E-state index contributed by atoms with van der Waals surface area (Å²) in [6.45, 7) is -0.0571. The van der Waals surface area contributed by atoms with Crippen molar-refractivity contribution in [2.75, 3.05) is 11.9 Å². The van der Waals surface area contributed by atoms with Crippen molar-refractivity contribution in [2.45, 2.75) is 25.4 Å². The van der Waals surface area contributed by atoms with Crippen LogP contribution in [0.2, 0.25) is 0 Å². The van der Waals surface area contributed by atoms with E-state index in [4.69, 9.17) is 9.57 Å². The van der Waals surface area contributed by atoms with Crippen molar-refractivity contribution < 1.29 is 38.3 Å². The molecule has 1 atom stereocenters. The highest BCUT2D eigenvalue weighted by Crippen LogP contribution is 2.46. The molecule has 2 aromatic carbocycles. The van der Waals surface area contributed by atoms with E-state index in [0.29, 0.717) is 21.9 Å². The van der Waals surface area contributed by atoms with E-state index in [0.717, 1.165) is 28.2 Å². The van der Waals surface area contributed by atoms with E-state index >= 15 is 0 Å². The zero-order valence-corrected chi connectivity index (χ0v) is 18.8. The van der Waals surface area contributed by atoms with Gasteiger partial charge in [-0.15, -0.1) is 0 Å².